The number of rotatable bonds is 6. The highest BCUT2D eigenvalue weighted by Gasteiger charge is 2.22. The van der Waals surface area contributed by atoms with Gasteiger partial charge in [-0.2, -0.15) is 0 Å². The van der Waals surface area contributed by atoms with Gasteiger partial charge in [0.1, 0.15) is 0 Å². The van der Waals surface area contributed by atoms with Crippen molar-refractivity contribution in [3.8, 4) is 0 Å². The summed E-state index contributed by atoms with van der Waals surface area (Å²) in [7, 11) is -2.02. The number of hydrogen-bond donors (Lipinski definition) is 2. The van der Waals surface area contributed by atoms with E-state index in [1.54, 1.807) is 19.2 Å². The van der Waals surface area contributed by atoms with Crippen LogP contribution in [0.3, 0.4) is 0 Å². The van der Waals surface area contributed by atoms with Gasteiger partial charge in [-0.3, -0.25) is 0 Å². The number of methoxy groups -OCH3 is 1. The van der Waals surface area contributed by atoms with Gasteiger partial charge in [0.2, 0.25) is 10.0 Å². The van der Waals surface area contributed by atoms with Crippen molar-refractivity contribution in [1.82, 2.24) is 4.72 Å². The number of nitrogens with two attached hydrogens (primary N) is 1. The van der Waals surface area contributed by atoms with Crippen LogP contribution in [-0.4, -0.2) is 27.7 Å². The van der Waals surface area contributed by atoms with Crippen molar-refractivity contribution >= 4 is 15.7 Å². The van der Waals surface area contributed by atoms with Crippen molar-refractivity contribution in [1.29, 1.82) is 0 Å². The van der Waals surface area contributed by atoms with Crippen LogP contribution in [0.15, 0.2) is 23.1 Å². The molecule has 0 aromatic heterocycles. The molecule has 0 atom stereocenters. The lowest BCUT2D eigenvalue weighted by Crippen LogP contribution is -2.39. The number of sulfonamides is 1. The summed E-state index contributed by atoms with van der Waals surface area (Å²) < 4.78 is 31.9. The maximum absolute atomic E-state index is 12.1. The van der Waals surface area contributed by atoms with Gasteiger partial charge in [0.25, 0.3) is 0 Å². The maximum atomic E-state index is 12.1. The molecule has 0 unspecified atom stereocenters. The summed E-state index contributed by atoms with van der Waals surface area (Å²) in [5, 5.41) is 0. The van der Waals surface area contributed by atoms with Crippen LogP contribution < -0.4 is 10.5 Å². The Morgan fingerprint density at radius 2 is 2.00 bits per heavy atom. The van der Waals surface area contributed by atoms with Gasteiger partial charge in [0, 0.05) is 19.3 Å². The molecule has 0 fully saturated rings. The highest BCUT2D eigenvalue weighted by Crippen LogP contribution is 2.19. The van der Waals surface area contributed by atoms with Crippen molar-refractivity contribution in [2.24, 2.45) is 0 Å². The Morgan fingerprint density at radius 1 is 1.37 bits per heavy atom. The van der Waals surface area contributed by atoms with E-state index in [-0.39, 0.29) is 11.4 Å². The molecule has 3 N–H and O–H groups in total. The lowest BCUT2D eigenvalue weighted by molar-refractivity contribution is 0.0276. The van der Waals surface area contributed by atoms with E-state index in [2.05, 4.69) is 4.72 Å². The summed E-state index contributed by atoms with van der Waals surface area (Å²) >= 11 is 0. The molecular formula is C13H22N2O3S. The van der Waals surface area contributed by atoms with E-state index < -0.39 is 15.6 Å². The first-order valence-electron chi connectivity index (χ1n) is 6.15. The molecule has 19 heavy (non-hydrogen) atoms. The zero-order valence-corrected chi connectivity index (χ0v) is 12.7. The second kappa shape index (κ2) is 5.90. The number of nitrogens with one attached hydrogen (secondary N) is 1. The summed E-state index contributed by atoms with van der Waals surface area (Å²) in [6.45, 7) is 5.79. The normalized spacial score (nSPS) is 12.6. The van der Waals surface area contributed by atoms with Gasteiger partial charge >= 0.3 is 0 Å². The van der Waals surface area contributed by atoms with Gasteiger partial charge in [0.15, 0.2) is 0 Å². The van der Waals surface area contributed by atoms with Gasteiger partial charge in [-0.1, -0.05) is 13.0 Å². The minimum atomic E-state index is -3.56. The van der Waals surface area contributed by atoms with Crippen LogP contribution in [0.4, 0.5) is 5.69 Å². The standard InChI is InChI=1S/C13H22N2O3S/c1-5-10-6-7-11(8-12(10)14)19(16,17)15-9-13(2,3)18-4/h6-8,15H,5,9,14H2,1-4H3. The van der Waals surface area contributed by atoms with E-state index in [4.69, 9.17) is 10.5 Å². The van der Waals surface area contributed by atoms with Gasteiger partial charge in [0.05, 0.1) is 10.5 Å². The van der Waals surface area contributed by atoms with Crippen LogP contribution in [-0.2, 0) is 21.2 Å². The van der Waals surface area contributed by atoms with E-state index in [0.717, 1.165) is 12.0 Å². The Hall–Kier alpha value is -1.11. The van der Waals surface area contributed by atoms with Crippen LogP contribution in [0, 0.1) is 0 Å². The molecule has 5 nitrogen and oxygen atoms in total. The first-order chi connectivity index (χ1) is 8.72. The molecule has 0 bridgehead atoms. The van der Waals surface area contributed by atoms with Crippen molar-refractivity contribution in [3.63, 3.8) is 0 Å². The third-order valence-electron chi connectivity index (χ3n) is 3.05. The minimum absolute atomic E-state index is 0.175. The molecule has 1 aromatic carbocycles. The Bertz CT molecular complexity index is 539. The van der Waals surface area contributed by atoms with Crippen molar-refractivity contribution < 1.29 is 13.2 Å². The molecule has 6 heteroatoms. The Kier molecular flexibility index (Phi) is 4.95. The summed E-state index contributed by atoms with van der Waals surface area (Å²) in [6.07, 6.45) is 0.774. The fourth-order valence-corrected chi connectivity index (χ4v) is 2.72. The first-order valence-corrected chi connectivity index (χ1v) is 7.63. The molecule has 0 aliphatic carbocycles. The SMILES string of the molecule is CCc1ccc(S(=O)(=O)NCC(C)(C)OC)cc1N. The second-order valence-corrected chi connectivity index (χ2v) is 6.77. The predicted molar refractivity (Wildman–Crippen MR) is 76.5 cm³/mol. The fraction of sp³-hybridized carbons (Fsp3) is 0.538. The average Bonchev–Trinajstić information content (AvgIpc) is 2.36. The lowest BCUT2D eigenvalue weighted by atomic mass is 10.1. The molecule has 1 rings (SSSR count). The van der Waals surface area contributed by atoms with Crippen LogP contribution in [0.25, 0.3) is 0 Å². The highest BCUT2D eigenvalue weighted by atomic mass is 32.2. The van der Waals surface area contributed by atoms with Crippen LogP contribution >= 0.6 is 0 Å². The fourth-order valence-electron chi connectivity index (χ4n) is 1.49. The van der Waals surface area contributed by atoms with Crippen molar-refractivity contribution in [3.05, 3.63) is 23.8 Å². The molecule has 0 amide bonds. The number of hydrogen-bond acceptors (Lipinski definition) is 4. The van der Waals surface area contributed by atoms with Crippen LogP contribution in [0.1, 0.15) is 26.3 Å². The number of anilines is 1. The molecule has 0 aliphatic rings. The molecule has 0 radical (unpaired) electrons. The topological polar surface area (TPSA) is 81.4 Å². The Labute approximate surface area is 115 Å². The van der Waals surface area contributed by atoms with Gasteiger partial charge < -0.3 is 10.5 Å². The Balaban J connectivity index is 2.92. The monoisotopic (exact) mass is 286 g/mol. The maximum Gasteiger partial charge on any atom is 0.240 e. The zero-order valence-electron chi connectivity index (χ0n) is 11.9. The number of aryl methyl sites for hydroxylation is 1. The van der Waals surface area contributed by atoms with E-state index in [1.807, 2.05) is 20.8 Å². The third-order valence-corrected chi connectivity index (χ3v) is 4.45. The summed E-state index contributed by atoms with van der Waals surface area (Å²) in [4.78, 5) is 0.175. The lowest BCUT2D eigenvalue weighted by Gasteiger charge is -2.23. The molecule has 0 saturated carbocycles. The van der Waals surface area contributed by atoms with Gasteiger partial charge in [-0.25, -0.2) is 13.1 Å². The number of ether oxygens (including phenoxy) is 1. The quantitative estimate of drug-likeness (QED) is 0.777. The van der Waals surface area contributed by atoms with E-state index in [1.165, 1.54) is 6.07 Å². The number of benzene rings is 1. The molecule has 1 aromatic rings. The minimum Gasteiger partial charge on any atom is -0.398 e. The summed E-state index contributed by atoms with van der Waals surface area (Å²) in [6, 6.07) is 4.80. The highest BCUT2D eigenvalue weighted by molar-refractivity contribution is 7.89. The van der Waals surface area contributed by atoms with E-state index in [0.29, 0.717) is 5.69 Å². The van der Waals surface area contributed by atoms with Crippen molar-refractivity contribution in [2.75, 3.05) is 19.4 Å². The van der Waals surface area contributed by atoms with Crippen LogP contribution in [0.5, 0.6) is 0 Å². The zero-order chi connectivity index (χ0) is 14.7. The number of nitrogen functional groups attached to an aromatic ring is 1. The summed E-state index contributed by atoms with van der Waals surface area (Å²) in [5.41, 5.74) is 6.70. The molecular weight excluding hydrogens is 264 g/mol. The summed E-state index contributed by atoms with van der Waals surface area (Å²) in [5.74, 6) is 0. The van der Waals surface area contributed by atoms with E-state index >= 15 is 0 Å². The molecule has 0 spiro atoms. The molecule has 0 aliphatic heterocycles. The smallest absolute Gasteiger partial charge is 0.240 e. The molecule has 0 saturated heterocycles. The predicted octanol–water partition coefficient (Wildman–Crippen LogP) is 1.53. The van der Waals surface area contributed by atoms with E-state index in [9.17, 15) is 8.42 Å². The Morgan fingerprint density at radius 3 is 2.47 bits per heavy atom. The molecule has 108 valence electrons. The van der Waals surface area contributed by atoms with Gasteiger partial charge in [-0.15, -0.1) is 0 Å². The van der Waals surface area contributed by atoms with Crippen LogP contribution in [0.2, 0.25) is 0 Å². The largest absolute Gasteiger partial charge is 0.398 e. The van der Waals surface area contributed by atoms with Crippen molar-refractivity contribution in [2.45, 2.75) is 37.7 Å². The first kappa shape index (κ1) is 15.9. The molecule has 0 heterocycles. The average molecular weight is 286 g/mol. The third kappa shape index (κ3) is 4.19. The second-order valence-electron chi connectivity index (χ2n) is 5.00. The van der Waals surface area contributed by atoms with Gasteiger partial charge in [-0.05, 0) is 38.0 Å².